The number of hydrogen-bond acceptors (Lipinski definition) is 7. The topological polar surface area (TPSA) is 153 Å². The van der Waals surface area contributed by atoms with Crippen molar-refractivity contribution in [3.63, 3.8) is 0 Å². The lowest BCUT2D eigenvalue weighted by molar-refractivity contribution is -0.0179. The van der Waals surface area contributed by atoms with E-state index in [1.54, 1.807) is 6.20 Å². The second kappa shape index (κ2) is 4.28. The first-order chi connectivity index (χ1) is 10.1. The van der Waals surface area contributed by atoms with E-state index in [0.717, 1.165) is 0 Å². The lowest BCUT2D eigenvalue weighted by Crippen LogP contribution is -2.44. The third-order valence-electron chi connectivity index (χ3n) is 4.14. The summed E-state index contributed by atoms with van der Waals surface area (Å²) in [6, 6.07) is -0.351. The highest BCUT2D eigenvalue weighted by Crippen LogP contribution is 2.39. The average molecular weight is 293 g/mol. The number of aliphatic hydroxyl groups excluding tert-OH is 2. The van der Waals surface area contributed by atoms with Crippen LogP contribution in [0.2, 0.25) is 0 Å². The molecule has 0 bridgehead atoms. The number of aliphatic hydroxyl groups is 2. The SMILES string of the molecule is Nc1nc2[nH]cc(CNC3[C@H](O)[C@H](O)[C@H]4O[C@@H]34)c2c(=O)[nH]1. The van der Waals surface area contributed by atoms with Crippen LogP contribution in [-0.2, 0) is 11.3 Å². The van der Waals surface area contributed by atoms with Crippen LogP contribution in [0.3, 0.4) is 0 Å². The van der Waals surface area contributed by atoms with Crippen molar-refractivity contribution in [2.75, 3.05) is 5.73 Å². The zero-order chi connectivity index (χ0) is 14.7. The van der Waals surface area contributed by atoms with E-state index in [9.17, 15) is 15.0 Å². The molecule has 1 unspecified atom stereocenters. The first-order valence-corrected chi connectivity index (χ1v) is 6.67. The molecule has 9 heteroatoms. The molecule has 1 aliphatic heterocycles. The van der Waals surface area contributed by atoms with Gasteiger partial charge in [-0.2, -0.15) is 4.98 Å². The Morgan fingerprint density at radius 1 is 1.38 bits per heavy atom. The summed E-state index contributed by atoms with van der Waals surface area (Å²) in [6.45, 7) is 0.343. The van der Waals surface area contributed by atoms with Crippen molar-refractivity contribution in [3.8, 4) is 0 Å². The largest absolute Gasteiger partial charge is 0.389 e. The maximum atomic E-state index is 11.9. The van der Waals surface area contributed by atoms with Crippen LogP contribution in [0.15, 0.2) is 11.0 Å². The molecule has 1 saturated carbocycles. The number of rotatable bonds is 3. The Morgan fingerprint density at radius 3 is 2.90 bits per heavy atom. The Morgan fingerprint density at radius 2 is 2.19 bits per heavy atom. The normalized spacial score (nSPS) is 34.3. The van der Waals surface area contributed by atoms with Gasteiger partial charge in [0.1, 0.15) is 30.1 Å². The first kappa shape index (κ1) is 12.8. The van der Waals surface area contributed by atoms with Gasteiger partial charge in [0.15, 0.2) is 0 Å². The molecule has 2 aromatic rings. The van der Waals surface area contributed by atoms with E-state index >= 15 is 0 Å². The van der Waals surface area contributed by atoms with Crippen LogP contribution in [0, 0.1) is 0 Å². The minimum absolute atomic E-state index is 0.0532. The van der Waals surface area contributed by atoms with Crippen molar-refractivity contribution >= 4 is 17.0 Å². The highest BCUT2D eigenvalue weighted by Gasteiger charge is 2.61. The summed E-state index contributed by atoms with van der Waals surface area (Å²) in [5.41, 5.74) is 6.30. The third-order valence-corrected chi connectivity index (χ3v) is 4.14. The minimum atomic E-state index is -0.869. The van der Waals surface area contributed by atoms with Gasteiger partial charge in [-0.25, -0.2) is 0 Å². The number of hydrogen-bond donors (Lipinski definition) is 6. The number of nitrogens with one attached hydrogen (secondary N) is 3. The molecular weight excluding hydrogens is 278 g/mol. The number of epoxide rings is 1. The maximum Gasteiger partial charge on any atom is 0.262 e. The number of fused-ring (bicyclic) bond motifs is 2. The molecule has 5 atom stereocenters. The van der Waals surface area contributed by atoms with Crippen molar-refractivity contribution in [2.24, 2.45) is 0 Å². The summed E-state index contributed by atoms with van der Waals surface area (Å²) in [5, 5.41) is 23.1. The molecule has 0 amide bonds. The lowest BCUT2D eigenvalue weighted by Gasteiger charge is -2.20. The van der Waals surface area contributed by atoms with E-state index in [1.807, 2.05) is 0 Å². The fourth-order valence-electron chi connectivity index (χ4n) is 3.03. The van der Waals surface area contributed by atoms with E-state index in [-0.39, 0.29) is 29.8 Å². The van der Waals surface area contributed by atoms with Gasteiger partial charge in [-0.3, -0.25) is 9.78 Å². The Hall–Kier alpha value is -1.94. The number of aromatic nitrogens is 3. The van der Waals surface area contributed by atoms with Gasteiger partial charge in [0.25, 0.3) is 5.56 Å². The average Bonchev–Trinajstić information content (AvgIpc) is 3.05. The summed E-state index contributed by atoms with van der Waals surface area (Å²) in [7, 11) is 0. The molecule has 0 aromatic carbocycles. The zero-order valence-electron chi connectivity index (χ0n) is 10.9. The van der Waals surface area contributed by atoms with Crippen LogP contribution < -0.4 is 16.6 Å². The summed E-state index contributed by atoms with van der Waals surface area (Å²) >= 11 is 0. The summed E-state index contributed by atoms with van der Waals surface area (Å²) in [4.78, 5) is 21.3. The quantitative estimate of drug-likeness (QED) is 0.351. The molecule has 21 heavy (non-hydrogen) atoms. The van der Waals surface area contributed by atoms with Gasteiger partial charge < -0.3 is 31.0 Å². The van der Waals surface area contributed by atoms with E-state index in [1.165, 1.54) is 0 Å². The number of aromatic amines is 2. The van der Waals surface area contributed by atoms with Gasteiger partial charge in [-0.15, -0.1) is 0 Å². The first-order valence-electron chi connectivity index (χ1n) is 6.67. The molecule has 2 fully saturated rings. The molecular formula is C12H15N5O4. The Labute approximate surface area is 118 Å². The van der Waals surface area contributed by atoms with Crippen LogP contribution in [-0.4, -0.2) is 55.6 Å². The molecule has 112 valence electrons. The van der Waals surface area contributed by atoms with E-state index < -0.39 is 12.2 Å². The number of nitrogens with zero attached hydrogens (tertiary/aromatic N) is 1. The number of nitrogens with two attached hydrogens (primary N) is 1. The molecule has 2 aromatic heterocycles. The smallest absolute Gasteiger partial charge is 0.262 e. The lowest BCUT2D eigenvalue weighted by atomic mass is 10.1. The third kappa shape index (κ3) is 1.86. The standard InChI is InChI=1S/C12H15N5O4/c13-12-16-10-4(11(20)17-12)3(2-15-10)1-14-5-6(18)7(19)9-8(5)21-9/h2,5-9,14,18-19H,1H2,(H4,13,15,16,17,20)/t5?,6-,7-,8-,9+/m0/s1. The number of nitrogen functional groups attached to an aromatic ring is 1. The van der Waals surface area contributed by atoms with Crippen LogP contribution >= 0.6 is 0 Å². The zero-order valence-corrected chi connectivity index (χ0v) is 10.9. The molecule has 4 rings (SSSR count). The fraction of sp³-hybridized carbons (Fsp3) is 0.500. The Bertz CT molecular complexity index is 756. The summed E-state index contributed by atoms with van der Waals surface area (Å²) in [6.07, 6.45) is -0.522. The predicted molar refractivity (Wildman–Crippen MR) is 72.4 cm³/mol. The van der Waals surface area contributed by atoms with Crippen LogP contribution in [0.5, 0.6) is 0 Å². The van der Waals surface area contributed by atoms with Crippen molar-refractivity contribution in [2.45, 2.75) is 37.0 Å². The van der Waals surface area contributed by atoms with Crippen LogP contribution in [0.1, 0.15) is 5.56 Å². The van der Waals surface area contributed by atoms with Crippen LogP contribution in [0.25, 0.3) is 11.0 Å². The molecule has 9 nitrogen and oxygen atoms in total. The maximum absolute atomic E-state index is 11.9. The van der Waals surface area contributed by atoms with Gasteiger partial charge in [0, 0.05) is 12.7 Å². The van der Waals surface area contributed by atoms with Crippen molar-refractivity contribution in [1.29, 1.82) is 0 Å². The Balaban J connectivity index is 1.57. The molecule has 0 spiro atoms. The summed E-state index contributed by atoms with van der Waals surface area (Å²) in [5.74, 6) is 0.0532. The van der Waals surface area contributed by atoms with Gasteiger partial charge in [0.05, 0.1) is 11.4 Å². The molecule has 3 heterocycles. The number of H-pyrrole nitrogens is 2. The predicted octanol–water partition coefficient (Wildman–Crippen LogP) is -2.21. The van der Waals surface area contributed by atoms with Gasteiger partial charge in [0.2, 0.25) is 5.95 Å². The molecule has 1 saturated heterocycles. The van der Waals surface area contributed by atoms with Crippen molar-refractivity contribution in [1.82, 2.24) is 20.3 Å². The van der Waals surface area contributed by atoms with Gasteiger partial charge >= 0.3 is 0 Å². The van der Waals surface area contributed by atoms with E-state index in [0.29, 0.717) is 23.1 Å². The van der Waals surface area contributed by atoms with Gasteiger partial charge in [-0.05, 0) is 5.56 Å². The van der Waals surface area contributed by atoms with Crippen molar-refractivity contribution < 1.29 is 14.9 Å². The highest BCUT2D eigenvalue weighted by molar-refractivity contribution is 5.79. The molecule has 7 N–H and O–H groups in total. The minimum Gasteiger partial charge on any atom is -0.389 e. The second-order valence-electron chi connectivity index (χ2n) is 5.44. The van der Waals surface area contributed by atoms with E-state index in [4.69, 9.17) is 10.5 Å². The van der Waals surface area contributed by atoms with Gasteiger partial charge in [-0.1, -0.05) is 0 Å². The number of ether oxygens (including phenoxy) is 1. The Kier molecular flexibility index (Phi) is 2.60. The number of anilines is 1. The molecule has 0 radical (unpaired) electrons. The van der Waals surface area contributed by atoms with Crippen molar-refractivity contribution in [3.05, 3.63) is 22.1 Å². The second-order valence-corrected chi connectivity index (χ2v) is 5.44. The highest BCUT2D eigenvalue weighted by atomic mass is 16.6. The van der Waals surface area contributed by atoms with E-state index in [2.05, 4.69) is 20.3 Å². The van der Waals surface area contributed by atoms with Crippen LogP contribution in [0.4, 0.5) is 5.95 Å². The summed E-state index contributed by atoms with van der Waals surface area (Å²) < 4.78 is 5.27. The molecule has 2 aliphatic rings. The fourth-order valence-corrected chi connectivity index (χ4v) is 3.03. The molecule has 1 aliphatic carbocycles. The monoisotopic (exact) mass is 293 g/mol.